The van der Waals surface area contributed by atoms with Crippen molar-refractivity contribution in [3.8, 4) is 0 Å². The fraction of sp³-hybridized carbons (Fsp3) is 0.364. The van der Waals surface area contributed by atoms with E-state index in [1.165, 1.54) is 0 Å². The van der Waals surface area contributed by atoms with Crippen molar-refractivity contribution in [1.82, 2.24) is 0 Å². The number of esters is 1. The summed E-state index contributed by atoms with van der Waals surface area (Å²) in [4.78, 5) is 25.4. The van der Waals surface area contributed by atoms with Crippen LogP contribution in [0.4, 0.5) is 0 Å². The van der Waals surface area contributed by atoms with E-state index in [0.717, 1.165) is 11.1 Å². The molecular weight excluding hydrogens is 312 g/mol. The Hall–Kier alpha value is -2.42. The molecule has 1 aliphatic rings. The molecule has 3 rings (SSSR count). The zero-order valence-electron chi connectivity index (χ0n) is 14.7. The monoisotopic (exact) mass is 336 g/mol. The van der Waals surface area contributed by atoms with Gasteiger partial charge < -0.3 is 4.74 Å². The van der Waals surface area contributed by atoms with Gasteiger partial charge in [0.05, 0.1) is 6.61 Å². The van der Waals surface area contributed by atoms with Gasteiger partial charge in [-0.15, -0.1) is 0 Å². The number of ether oxygens (including phenoxy) is 1. The average molecular weight is 336 g/mol. The van der Waals surface area contributed by atoms with E-state index in [1.807, 2.05) is 74.5 Å². The lowest BCUT2D eigenvalue weighted by Crippen LogP contribution is -2.28. The molecule has 0 aromatic heterocycles. The van der Waals surface area contributed by atoms with Crippen LogP contribution in [0, 0.1) is 11.8 Å². The number of hydrogen-bond acceptors (Lipinski definition) is 3. The number of hydrogen-bond donors (Lipinski definition) is 0. The van der Waals surface area contributed by atoms with Crippen LogP contribution in [0.1, 0.15) is 43.2 Å². The molecule has 0 bridgehead atoms. The molecule has 0 amide bonds. The Bertz CT molecular complexity index is 721. The fourth-order valence-corrected chi connectivity index (χ4v) is 3.65. The van der Waals surface area contributed by atoms with Crippen LogP contribution in [-0.2, 0) is 14.3 Å². The second-order valence-electron chi connectivity index (χ2n) is 7.13. The Morgan fingerprint density at radius 3 is 2.12 bits per heavy atom. The van der Waals surface area contributed by atoms with Crippen LogP contribution in [0.25, 0.3) is 0 Å². The third-order valence-electron chi connectivity index (χ3n) is 4.79. The van der Waals surface area contributed by atoms with Gasteiger partial charge in [0.15, 0.2) is 0 Å². The highest BCUT2D eigenvalue weighted by molar-refractivity contribution is 6.02. The largest absolute Gasteiger partial charge is 0.465 e. The second-order valence-corrected chi connectivity index (χ2v) is 7.13. The van der Waals surface area contributed by atoms with E-state index in [0.29, 0.717) is 13.0 Å². The van der Waals surface area contributed by atoms with Gasteiger partial charge in [-0.2, -0.15) is 0 Å². The maximum absolute atomic E-state index is 12.7. The Morgan fingerprint density at radius 1 is 1.00 bits per heavy atom. The Kier molecular flexibility index (Phi) is 5.32. The Morgan fingerprint density at radius 2 is 1.56 bits per heavy atom. The highest BCUT2D eigenvalue weighted by Gasteiger charge is 2.48. The minimum Gasteiger partial charge on any atom is -0.465 e. The van der Waals surface area contributed by atoms with Crippen LogP contribution in [0.3, 0.4) is 0 Å². The summed E-state index contributed by atoms with van der Waals surface area (Å²) in [5, 5.41) is 0. The summed E-state index contributed by atoms with van der Waals surface area (Å²) in [5.41, 5.74) is 2.12. The molecule has 2 aromatic carbocycles. The third kappa shape index (κ3) is 3.81. The van der Waals surface area contributed by atoms with Crippen LogP contribution in [-0.4, -0.2) is 18.4 Å². The van der Waals surface area contributed by atoms with Crippen molar-refractivity contribution in [2.45, 2.75) is 32.1 Å². The van der Waals surface area contributed by atoms with Crippen LogP contribution >= 0.6 is 0 Å². The first-order valence-electron chi connectivity index (χ1n) is 8.87. The molecule has 2 aromatic rings. The second kappa shape index (κ2) is 7.64. The van der Waals surface area contributed by atoms with Crippen molar-refractivity contribution >= 4 is 11.8 Å². The van der Waals surface area contributed by atoms with Gasteiger partial charge in [-0.05, 0) is 23.0 Å². The van der Waals surface area contributed by atoms with E-state index >= 15 is 0 Å². The molecule has 25 heavy (non-hydrogen) atoms. The minimum atomic E-state index is -0.716. The number of benzene rings is 2. The number of ketones is 1. The topological polar surface area (TPSA) is 43.4 Å². The molecule has 0 spiro atoms. The number of Topliss-reactive ketones (excluding diaryl/α,β-unsaturated/α-hetero) is 1. The van der Waals surface area contributed by atoms with Crippen molar-refractivity contribution in [2.75, 3.05) is 6.61 Å². The first kappa shape index (κ1) is 17.4. The van der Waals surface area contributed by atoms with E-state index in [9.17, 15) is 9.59 Å². The molecule has 1 fully saturated rings. The molecule has 3 nitrogen and oxygen atoms in total. The molecule has 1 saturated carbocycles. The maximum atomic E-state index is 12.7. The molecule has 3 unspecified atom stereocenters. The van der Waals surface area contributed by atoms with Gasteiger partial charge in [-0.3, -0.25) is 9.59 Å². The summed E-state index contributed by atoms with van der Waals surface area (Å²) >= 11 is 0. The lowest BCUT2D eigenvalue weighted by Gasteiger charge is -2.24. The third-order valence-corrected chi connectivity index (χ3v) is 4.79. The maximum Gasteiger partial charge on any atom is 0.317 e. The summed E-state index contributed by atoms with van der Waals surface area (Å²) in [5.74, 6) is -1.03. The lowest BCUT2D eigenvalue weighted by atomic mass is 9.80. The van der Waals surface area contributed by atoms with Crippen molar-refractivity contribution in [1.29, 1.82) is 0 Å². The molecule has 0 aliphatic heterocycles. The zero-order chi connectivity index (χ0) is 17.8. The van der Waals surface area contributed by atoms with Crippen molar-refractivity contribution in [3.63, 3.8) is 0 Å². The molecule has 130 valence electrons. The van der Waals surface area contributed by atoms with Gasteiger partial charge in [0, 0.05) is 12.3 Å². The summed E-state index contributed by atoms with van der Waals surface area (Å²) in [6, 6.07) is 19.9. The smallest absolute Gasteiger partial charge is 0.317 e. The summed E-state index contributed by atoms with van der Waals surface area (Å²) < 4.78 is 5.43. The first-order valence-corrected chi connectivity index (χ1v) is 8.87. The standard InChI is InChI=1S/C22H24O3/c1-15(2)14-25-22(24)21-19(23)13-18(16-9-5-3-6-10-16)20(21)17-11-7-4-8-12-17/h3-12,15,18,20-21H,13-14H2,1-2H3. The highest BCUT2D eigenvalue weighted by Crippen LogP contribution is 2.48. The molecule has 1 aliphatic carbocycles. The molecular formula is C22H24O3. The fourth-order valence-electron chi connectivity index (χ4n) is 3.65. The summed E-state index contributed by atoms with van der Waals surface area (Å²) in [6.45, 7) is 4.33. The Labute approximate surface area is 149 Å². The molecule has 0 N–H and O–H groups in total. The average Bonchev–Trinajstić information content (AvgIpc) is 2.98. The molecule has 3 heteroatoms. The van der Waals surface area contributed by atoms with Gasteiger partial charge in [-0.1, -0.05) is 74.5 Å². The molecule has 0 radical (unpaired) electrons. The predicted octanol–water partition coefficient (Wildman–Crippen LogP) is 4.34. The van der Waals surface area contributed by atoms with Crippen LogP contribution in [0.5, 0.6) is 0 Å². The van der Waals surface area contributed by atoms with Gasteiger partial charge in [0.2, 0.25) is 0 Å². The van der Waals surface area contributed by atoms with Gasteiger partial charge in [0.25, 0.3) is 0 Å². The quantitative estimate of drug-likeness (QED) is 0.602. The van der Waals surface area contributed by atoms with Gasteiger partial charge in [-0.25, -0.2) is 0 Å². The summed E-state index contributed by atoms with van der Waals surface area (Å²) in [7, 11) is 0. The number of carbonyl (C=O) groups is 2. The van der Waals surface area contributed by atoms with E-state index < -0.39 is 5.92 Å². The Balaban J connectivity index is 1.95. The molecule has 0 heterocycles. The van der Waals surface area contributed by atoms with Crippen LogP contribution in [0.15, 0.2) is 60.7 Å². The van der Waals surface area contributed by atoms with Crippen LogP contribution < -0.4 is 0 Å². The summed E-state index contributed by atoms with van der Waals surface area (Å²) in [6.07, 6.45) is 0.380. The SMILES string of the molecule is CC(C)COC(=O)C1C(=O)CC(c2ccccc2)C1c1ccccc1. The highest BCUT2D eigenvalue weighted by atomic mass is 16.5. The van der Waals surface area contributed by atoms with Crippen molar-refractivity contribution in [3.05, 3.63) is 71.8 Å². The number of carbonyl (C=O) groups excluding carboxylic acids is 2. The normalized spacial score (nSPS) is 23.0. The van der Waals surface area contributed by atoms with Crippen molar-refractivity contribution < 1.29 is 14.3 Å². The van der Waals surface area contributed by atoms with E-state index in [4.69, 9.17) is 4.74 Å². The minimum absolute atomic E-state index is 0.00713. The van der Waals surface area contributed by atoms with Crippen LogP contribution in [0.2, 0.25) is 0 Å². The van der Waals surface area contributed by atoms with Crippen molar-refractivity contribution in [2.24, 2.45) is 11.8 Å². The predicted molar refractivity (Wildman–Crippen MR) is 97.3 cm³/mol. The lowest BCUT2D eigenvalue weighted by molar-refractivity contribution is -0.152. The number of rotatable bonds is 5. The molecule has 0 saturated heterocycles. The van der Waals surface area contributed by atoms with Gasteiger partial charge in [0.1, 0.15) is 11.7 Å². The first-order chi connectivity index (χ1) is 12.1. The van der Waals surface area contributed by atoms with E-state index in [1.54, 1.807) is 0 Å². The zero-order valence-corrected chi connectivity index (χ0v) is 14.7. The van der Waals surface area contributed by atoms with E-state index in [-0.39, 0.29) is 29.5 Å². The van der Waals surface area contributed by atoms with E-state index in [2.05, 4.69) is 0 Å². The van der Waals surface area contributed by atoms with Gasteiger partial charge >= 0.3 is 5.97 Å². The molecule has 3 atom stereocenters.